The minimum atomic E-state index is -0.613. The SMILES string of the molecule is CCOC(=O)CNC(=O)Nc1ccc([C@@H]2O[C@H](CN3CCC4(CC3)OCCO4)[C@H](C)[C@H](c3ccc(CO)cc3)O2)cc1. The monoisotopic (exact) mass is 583 g/mol. The topological polar surface area (TPSA) is 128 Å². The first kappa shape index (κ1) is 30.4. The molecular weight excluding hydrogens is 542 g/mol. The minimum Gasteiger partial charge on any atom is -0.465 e. The number of hydrogen-bond donors (Lipinski definition) is 3. The fraction of sp³-hybridized carbons (Fsp3) is 0.548. The van der Waals surface area contributed by atoms with Crippen LogP contribution in [0.5, 0.6) is 0 Å². The Labute approximate surface area is 246 Å². The molecule has 228 valence electrons. The van der Waals surface area contributed by atoms with E-state index in [-0.39, 0.29) is 37.9 Å². The van der Waals surface area contributed by atoms with Crippen molar-refractivity contribution in [3.05, 3.63) is 65.2 Å². The Kier molecular flexibility index (Phi) is 10.1. The number of rotatable bonds is 9. The van der Waals surface area contributed by atoms with Crippen molar-refractivity contribution in [3.63, 3.8) is 0 Å². The lowest BCUT2D eigenvalue weighted by molar-refractivity contribution is -0.278. The first-order valence-corrected chi connectivity index (χ1v) is 14.7. The molecule has 11 heteroatoms. The van der Waals surface area contributed by atoms with Crippen molar-refractivity contribution in [1.29, 1.82) is 0 Å². The molecule has 3 heterocycles. The molecule has 2 amide bonds. The van der Waals surface area contributed by atoms with Gasteiger partial charge in [-0.25, -0.2) is 4.79 Å². The maximum absolute atomic E-state index is 12.2. The first-order chi connectivity index (χ1) is 20.4. The molecule has 5 rings (SSSR count). The van der Waals surface area contributed by atoms with Crippen LogP contribution in [0.4, 0.5) is 10.5 Å². The average molecular weight is 584 g/mol. The Morgan fingerprint density at radius 2 is 1.67 bits per heavy atom. The van der Waals surface area contributed by atoms with Gasteiger partial charge in [0.1, 0.15) is 6.54 Å². The molecule has 3 aliphatic rings. The van der Waals surface area contributed by atoms with E-state index in [0.717, 1.165) is 49.2 Å². The summed E-state index contributed by atoms with van der Waals surface area (Å²) >= 11 is 0. The Hall–Kier alpha value is -3.06. The van der Waals surface area contributed by atoms with Crippen molar-refractivity contribution in [2.24, 2.45) is 5.92 Å². The molecule has 3 fully saturated rings. The second-order valence-corrected chi connectivity index (χ2v) is 11.0. The molecule has 2 aromatic rings. The number of likely N-dealkylation sites (tertiary alicyclic amines) is 1. The second-order valence-electron chi connectivity index (χ2n) is 11.0. The van der Waals surface area contributed by atoms with Gasteiger partial charge in [-0.3, -0.25) is 4.79 Å². The third-order valence-corrected chi connectivity index (χ3v) is 8.13. The number of aliphatic hydroxyl groups excluding tert-OH is 1. The van der Waals surface area contributed by atoms with Crippen LogP contribution in [0.3, 0.4) is 0 Å². The van der Waals surface area contributed by atoms with Gasteiger partial charge in [0.05, 0.1) is 38.6 Å². The van der Waals surface area contributed by atoms with Crippen LogP contribution in [0.25, 0.3) is 0 Å². The number of piperidine rings is 1. The molecule has 3 saturated heterocycles. The van der Waals surface area contributed by atoms with E-state index in [4.69, 9.17) is 23.7 Å². The zero-order valence-corrected chi connectivity index (χ0v) is 24.3. The Morgan fingerprint density at radius 1 is 1.00 bits per heavy atom. The lowest BCUT2D eigenvalue weighted by atomic mass is 9.89. The van der Waals surface area contributed by atoms with E-state index in [1.165, 1.54) is 0 Å². The van der Waals surface area contributed by atoms with Crippen LogP contribution in [0.15, 0.2) is 48.5 Å². The standard InChI is InChI=1S/C31H41N3O8/c1-3-38-27(36)18-32-30(37)33-25-10-8-24(9-11-25)29-41-26(19-34-14-12-31(13-15-34)39-16-17-40-31)21(2)28(42-29)23-6-4-22(20-35)5-7-23/h4-11,21,26,28-29,35H,3,12-20H2,1-2H3,(H2,32,33,37)/t21-,26+,28+,29+/m0/s1. The third kappa shape index (κ3) is 7.47. The highest BCUT2D eigenvalue weighted by atomic mass is 16.7. The lowest BCUT2D eigenvalue weighted by Crippen LogP contribution is -2.50. The van der Waals surface area contributed by atoms with Crippen molar-refractivity contribution in [3.8, 4) is 0 Å². The molecule has 0 radical (unpaired) electrons. The molecule has 2 aromatic carbocycles. The molecule has 3 N–H and O–H groups in total. The largest absolute Gasteiger partial charge is 0.465 e. The van der Waals surface area contributed by atoms with Gasteiger partial charge in [-0.15, -0.1) is 0 Å². The first-order valence-electron chi connectivity index (χ1n) is 14.7. The van der Waals surface area contributed by atoms with Gasteiger partial charge in [-0.2, -0.15) is 0 Å². The van der Waals surface area contributed by atoms with Crippen LogP contribution in [0.1, 0.15) is 55.8 Å². The summed E-state index contributed by atoms with van der Waals surface area (Å²) in [6, 6.07) is 14.6. The van der Waals surface area contributed by atoms with E-state index < -0.39 is 24.1 Å². The quantitative estimate of drug-likeness (QED) is 0.380. The Balaban J connectivity index is 1.26. The number of urea groups is 1. The predicted octanol–water partition coefficient (Wildman–Crippen LogP) is 3.49. The second kappa shape index (κ2) is 13.9. The molecule has 11 nitrogen and oxygen atoms in total. The predicted molar refractivity (Wildman–Crippen MR) is 153 cm³/mol. The number of aliphatic hydroxyl groups is 1. The van der Waals surface area contributed by atoms with Crippen molar-refractivity contribution >= 4 is 17.7 Å². The number of carbonyl (C=O) groups is 2. The maximum Gasteiger partial charge on any atom is 0.325 e. The smallest absolute Gasteiger partial charge is 0.325 e. The number of benzene rings is 2. The third-order valence-electron chi connectivity index (χ3n) is 8.13. The van der Waals surface area contributed by atoms with Crippen LogP contribution in [0.2, 0.25) is 0 Å². The van der Waals surface area contributed by atoms with E-state index in [0.29, 0.717) is 18.9 Å². The van der Waals surface area contributed by atoms with Gasteiger partial charge >= 0.3 is 12.0 Å². The Bertz CT molecular complexity index is 1180. The summed E-state index contributed by atoms with van der Waals surface area (Å²) in [7, 11) is 0. The molecular formula is C31H41N3O8. The van der Waals surface area contributed by atoms with Crippen molar-refractivity contribution < 1.29 is 38.4 Å². The summed E-state index contributed by atoms with van der Waals surface area (Å²) in [5, 5.41) is 14.7. The molecule has 0 saturated carbocycles. The fourth-order valence-electron chi connectivity index (χ4n) is 5.71. The summed E-state index contributed by atoms with van der Waals surface area (Å²) in [5.41, 5.74) is 3.27. The minimum absolute atomic E-state index is 0.0131. The zero-order chi connectivity index (χ0) is 29.5. The molecule has 0 aliphatic carbocycles. The van der Waals surface area contributed by atoms with E-state index in [1.54, 1.807) is 19.1 Å². The van der Waals surface area contributed by atoms with Crippen LogP contribution < -0.4 is 10.6 Å². The molecule has 0 aromatic heterocycles. The fourth-order valence-corrected chi connectivity index (χ4v) is 5.71. The van der Waals surface area contributed by atoms with Crippen LogP contribution in [0, 0.1) is 5.92 Å². The molecule has 0 bridgehead atoms. The van der Waals surface area contributed by atoms with Gasteiger partial charge in [0.15, 0.2) is 12.1 Å². The normalized spacial score (nSPS) is 25.7. The number of ether oxygens (including phenoxy) is 5. The van der Waals surface area contributed by atoms with E-state index in [9.17, 15) is 14.7 Å². The van der Waals surface area contributed by atoms with Gasteiger partial charge in [0.25, 0.3) is 0 Å². The highest BCUT2D eigenvalue weighted by Gasteiger charge is 2.43. The summed E-state index contributed by atoms with van der Waals surface area (Å²) in [4.78, 5) is 26.1. The zero-order valence-electron chi connectivity index (χ0n) is 24.3. The van der Waals surface area contributed by atoms with Gasteiger partial charge in [0.2, 0.25) is 0 Å². The van der Waals surface area contributed by atoms with Crippen molar-refractivity contribution in [1.82, 2.24) is 10.2 Å². The molecule has 4 atom stereocenters. The van der Waals surface area contributed by atoms with Gasteiger partial charge in [0, 0.05) is 49.6 Å². The summed E-state index contributed by atoms with van der Waals surface area (Å²) in [5.74, 6) is -0.854. The number of nitrogens with zero attached hydrogens (tertiary/aromatic N) is 1. The van der Waals surface area contributed by atoms with Crippen LogP contribution in [-0.2, 0) is 35.1 Å². The van der Waals surface area contributed by atoms with Crippen molar-refractivity contribution in [2.75, 3.05) is 51.3 Å². The molecule has 0 unspecified atom stereocenters. The molecule has 42 heavy (non-hydrogen) atoms. The van der Waals surface area contributed by atoms with Gasteiger partial charge < -0.3 is 44.3 Å². The number of amides is 2. The maximum atomic E-state index is 12.2. The lowest BCUT2D eigenvalue weighted by Gasteiger charge is -2.44. The number of nitrogens with one attached hydrogen (secondary N) is 2. The summed E-state index contributed by atoms with van der Waals surface area (Å²) < 4.78 is 29.8. The highest BCUT2D eigenvalue weighted by Crippen LogP contribution is 2.42. The van der Waals surface area contributed by atoms with E-state index >= 15 is 0 Å². The van der Waals surface area contributed by atoms with Gasteiger partial charge in [-0.05, 0) is 30.2 Å². The number of hydrogen-bond acceptors (Lipinski definition) is 9. The summed E-state index contributed by atoms with van der Waals surface area (Å²) in [6.45, 7) is 7.70. The molecule has 3 aliphatic heterocycles. The Morgan fingerprint density at radius 3 is 2.31 bits per heavy atom. The number of carbonyl (C=O) groups excluding carboxylic acids is 2. The van der Waals surface area contributed by atoms with Crippen molar-refractivity contribution in [2.45, 2.75) is 57.6 Å². The summed E-state index contributed by atoms with van der Waals surface area (Å²) in [6.07, 6.45) is 0.741. The number of anilines is 1. The van der Waals surface area contributed by atoms with E-state index in [1.807, 2.05) is 36.4 Å². The van der Waals surface area contributed by atoms with Crippen LogP contribution >= 0.6 is 0 Å². The van der Waals surface area contributed by atoms with Gasteiger partial charge in [-0.1, -0.05) is 43.3 Å². The number of esters is 1. The highest BCUT2D eigenvalue weighted by molar-refractivity contribution is 5.91. The van der Waals surface area contributed by atoms with Crippen LogP contribution in [-0.4, -0.2) is 79.9 Å². The van der Waals surface area contributed by atoms with E-state index in [2.05, 4.69) is 22.5 Å². The average Bonchev–Trinajstić information content (AvgIpc) is 3.47. The molecule has 1 spiro atoms.